The number of nitrogens with two attached hydrogens (primary N) is 2. The molecule has 118 valence electrons. The highest BCUT2D eigenvalue weighted by atomic mass is 16.2. The van der Waals surface area contributed by atoms with Crippen LogP contribution in [0.4, 0.5) is 0 Å². The lowest BCUT2D eigenvalue weighted by molar-refractivity contribution is -0.121. The Kier molecular flexibility index (Phi) is 7.64. The number of amides is 2. The fraction of sp³-hybridized carbons (Fsp3) is 0.294. The molecule has 0 aromatic heterocycles. The van der Waals surface area contributed by atoms with Gasteiger partial charge in [-0.15, -0.1) is 19.1 Å². The summed E-state index contributed by atoms with van der Waals surface area (Å²) in [6.07, 6.45) is 0. The lowest BCUT2D eigenvalue weighted by Gasteiger charge is -2.28. The second-order valence-electron chi connectivity index (χ2n) is 5.08. The highest BCUT2D eigenvalue weighted by Gasteiger charge is 2.31. The molecule has 0 spiro atoms. The van der Waals surface area contributed by atoms with E-state index >= 15 is 0 Å². The van der Waals surface area contributed by atoms with Crippen molar-refractivity contribution in [3.63, 3.8) is 0 Å². The normalized spacial score (nSPS) is 11.1. The van der Waals surface area contributed by atoms with Crippen LogP contribution in [0.5, 0.6) is 0 Å². The summed E-state index contributed by atoms with van der Waals surface area (Å²) < 4.78 is 0. The van der Waals surface area contributed by atoms with Crippen LogP contribution in [0.15, 0.2) is 37.4 Å². The molecule has 1 atom stereocenters. The number of carbonyl (C=O) groups is 2. The van der Waals surface area contributed by atoms with E-state index < -0.39 is 23.4 Å². The van der Waals surface area contributed by atoms with Crippen molar-refractivity contribution < 1.29 is 9.59 Å². The number of nitrogens with one attached hydrogen (secondary N) is 1. The summed E-state index contributed by atoms with van der Waals surface area (Å²) >= 11 is 0. The molecule has 2 amide bonds. The Labute approximate surface area is 131 Å². The number of carbonyl (C=O) groups excluding carboxylic acids is 2. The van der Waals surface area contributed by atoms with Gasteiger partial charge in [0.05, 0.1) is 0 Å². The van der Waals surface area contributed by atoms with Crippen molar-refractivity contribution >= 4 is 11.8 Å². The van der Waals surface area contributed by atoms with E-state index in [9.17, 15) is 9.59 Å². The Morgan fingerprint density at radius 3 is 2.09 bits per heavy atom. The highest BCUT2D eigenvalue weighted by molar-refractivity contribution is 5.97. The fourth-order valence-electron chi connectivity index (χ4n) is 1.69. The van der Waals surface area contributed by atoms with Crippen molar-refractivity contribution in [1.29, 1.82) is 0 Å². The lowest BCUT2D eigenvalue weighted by Crippen LogP contribution is -2.60. The summed E-state index contributed by atoms with van der Waals surface area (Å²) in [5, 5.41) is 2.55. The molecule has 1 unspecified atom stereocenters. The Hall–Kier alpha value is -2.58. The molecule has 5 heteroatoms. The van der Waals surface area contributed by atoms with E-state index in [-0.39, 0.29) is 0 Å². The van der Waals surface area contributed by atoms with Crippen molar-refractivity contribution in [2.24, 2.45) is 11.5 Å². The van der Waals surface area contributed by atoms with E-state index in [1.807, 2.05) is 0 Å². The standard InChI is InChI=1S/C15H19N3O2.C2H4/c1-4-5-10-6-8-11(9-7-10)14(20)18-12(13(16)19)15(2,3)17;1-2/h6-9,12H,17H2,1-3H3,(H2,16,19)(H,18,20);1-2H2. The van der Waals surface area contributed by atoms with Crippen LogP contribution in [-0.4, -0.2) is 23.4 Å². The van der Waals surface area contributed by atoms with Gasteiger partial charge in [-0.3, -0.25) is 9.59 Å². The molecule has 0 aliphatic heterocycles. The Morgan fingerprint density at radius 2 is 1.73 bits per heavy atom. The van der Waals surface area contributed by atoms with Gasteiger partial charge < -0.3 is 16.8 Å². The van der Waals surface area contributed by atoms with Crippen LogP contribution in [0.3, 0.4) is 0 Å². The Morgan fingerprint density at radius 1 is 1.23 bits per heavy atom. The Bertz CT molecular complexity index is 575. The number of hydrogen-bond acceptors (Lipinski definition) is 3. The van der Waals surface area contributed by atoms with E-state index in [1.54, 1.807) is 45.0 Å². The second kappa shape index (κ2) is 8.65. The largest absolute Gasteiger partial charge is 0.368 e. The zero-order valence-electron chi connectivity index (χ0n) is 13.3. The molecule has 0 aliphatic carbocycles. The van der Waals surface area contributed by atoms with Gasteiger partial charge in [-0.05, 0) is 45.0 Å². The average Bonchev–Trinajstić information content (AvgIpc) is 2.46. The quantitative estimate of drug-likeness (QED) is 0.575. The monoisotopic (exact) mass is 301 g/mol. The van der Waals surface area contributed by atoms with Crippen LogP contribution in [0.2, 0.25) is 0 Å². The molecule has 0 saturated heterocycles. The molecular formula is C17H23N3O2. The van der Waals surface area contributed by atoms with Crippen LogP contribution in [0.1, 0.15) is 36.7 Å². The van der Waals surface area contributed by atoms with E-state index in [2.05, 4.69) is 30.3 Å². The van der Waals surface area contributed by atoms with Crippen LogP contribution in [0.25, 0.3) is 0 Å². The molecule has 5 N–H and O–H groups in total. The zero-order chi connectivity index (χ0) is 17.3. The first-order chi connectivity index (χ1) is 10.3. The molecule has 0 fully saturated rings. The molecule has 0 aliphatic rings. The summed E-state index contributed by atoms with van der Waals surface area (Å²) in [6, 6.07) is 5.80. The van der Waals surface area contributed by atoms with Crippen molar-refractivity contribution in [3.8, 4) is 11.8 Å². The second-order valence-corrected chi connectivity index (χ2v) is 5.08. The smallest absolute Gasteiger partial charge is 0.251 e. The summed E-state index contributed by atoms with van der Waals surface area (Å²) in [4.78, 5) is 23.4. The molecule has 0 radical (unpaired) electrons. The highest BCUT2D eigenvalue weighted by Crippen LogP contribution is 2.08. The van der Waals surface area contributed by atoms with Crippen molar-refractivity contribution in [3.05, 3.63) is 48.6 Å². The van der Waals surface area contributed by atoms with Crippen molar-refractivity contribution in [1.82, 2.24) is 5.32 Å². The maximum atomic E-state index is 12.1. The lowest BCUT2D eigenvalue weighted by atomic mass is 9.95. The van der Waals surface area contributed by atoms with E-state index in [4.69, 9.17) is 11.5 Å². The molecule has 1 rings (SSSR count). The van der Waals surface area contributed by atoms with Gasteiger partial charge in [0.1, 0.15) is 6.04 Å². The fourth-order valence-corrected chi connectivity index (χ4v) is 1.69. The van der Waals surface area contributed by atoms with Crippen LogP contribution in [0, 0.1) is 11.8 Å². The molecule has 0 bridgehead atoms. The van der Waals surface area contributed by atoms with E-state index in [0.717, 1.165) is 5.56 Å². The van der Waals surface area contributed by atoms with Gasteiger partial charge in [-0.2, -0.15) is 0 Å². The molecule has 5 nitrogen and oxygen atoms in total. The molecule has 0 saturated carbocycles. The predicted molar refractivity (Wildman–Crippen MR) is 89.0 cm³/mol. The van der Waals surface area contributed by atoms with Gasteiger partial charge in [0.25, 0.3) is 5.91 Å². The van der Waals surface area contributed by atoms with Crippen LogP contribution in [-0.2, 0) is 4.79 Å². The van der Waals surface area contributed by atoms with E-state index in [0.29, 0.717) is 5.56 Å². The number of benzene rings is 1. The maximum Gasteiger partial charge on any atom is 0.251 e. The van der Waals surface area contributed by atoms with Gasteiger partial charge >= 0.3 is 0 Å². The van der Waals surface area contributed by atoms with Gasteiger partial charge in [-0.25, -0.2) is 0 Å². The Balaban J connectivity index is 0.00000211. The first-order valence-electron chi connectivity index (χ1n) is 6.67. The molecule has 22 heavy (non-hydrogen) atoms. The van der Waals surface area contributed by atoms with Gasteiger partial charge in [0.15, 0.2) is 0 Å². The SMILES string of the molecule is C=C.CC#Cc1ccc(C(=O)NC(C(N)=O)C(C)(C)N)cc1. The molecule has 1 aromatic rings. The van der Waals surface area contributed by atoms with Crippen molar-refractivity contribution in [2.75, 3.05) is 0 Å². The van der Waals surface area contributed by atoms with Crippen LogP contribution >= 0.6 is 0 Å². The first-order valence-corrected chi connectivity index (χ1v) is 6.67. The minimum Gasteiger partial charge on any atom is -0.368 e. The van der Waals surface area contributed by atoms with Gasteiger partial charge in [0, 0.05) is 16.7 Å². The average molecular weight is 301 g/mol. The third-order valence-corrected chi connectivity index (χ3v) is 2.72. The summed E-state index contributed by atoms with van der Waals surface area (Å²) in [5.41, 5.74) is 11.4. The topological polar surface area (TPSA) is 98.2 Å². The first kappa shape index (κ1) is 19.4. The number of primary amides is 1. The minimum atomic E-state index is -0.940. The van der Waals surface area contributed by atoms with E-state index in [1.165, 1.54) is 0 Å². The number of hydrogen-bond donors (Lipinski definition) is 3. The summed E-state index contributed by atoms with van der Waals surface area (Å²) in [5.74, 6) is 4.59. The van der Waals surface area contributed by atoms with Crippen molar-refractivity contribution in [2.45, 2.75) is 32.4 Å². The number of rotatable bonds is 4. The van der Waals surface area contributed by atoms with Crippen LogP contribution < -0.4 is 16.8 Å². The zero-order valence-corrected chi connectivity index (χ0v) is 13.3. The summed E-state index contributed by atoms with van der Waals surface area (Å²) in [7, 11) is 0. The molecule has 0 heterocycles. The third-order valence-electron chi connectivity index (χ3n) is 2.72. The molecule has 1 aromatic carbocycles. The van der Waals surface area contributed by atoms with Gasteiger partial charge in [-0.1, -0.05) is 5.92 Å². The predicted octanol–water partition coefficient (Wildman–Crippen LogP) is 1.18. The van der Waals surface area contributed by atoms with Gasteiger partial charge in [0.2, 0.25) is 5.91 Å². The molecular weight excluding hydrogens is 278 g/mol. The third kappa shape index (κ3) is 5.81. The summed E-state index contributed by atoms with van der Waals surface area (Å²) in [6.45, 7) is 11.0. The maximum absolute atomic E-state index is 12.1. The minimum absolute atomic E-state index is 0.400.